The Balaban J connectivity index is 0.00000243. The van der Waals surface area contributed by atoms with Crippen molar-refractivity contribution in [3.63, 3.8) is 0 Å². The van der Waals surface area contributed by atoms with Gasteiger partial charge in [0.2, 0.25) is 0 Å². The summed E-state index contributed by atoms with van der Waals surface area (Å²) >= 11 is 0. The summed E-state index contributed by atoms with van der Waals surface area (Å²) in [7, 11) is 0. The number of halogens is 2. The zero-order chi connectivity index (χ0) is 17.6. The maximum Gasteiger partial charge on any atom is 0.254 e. The standard InChI is InChI=1S/C19H25FN4O.ClH/c1-2-18-17(13-23-24(18)16-7-5-15(20)6-8-16)19(25)22-11-9-14-4-3-10-21-12-14;/h5-8,13-14,21H,2-4,9-12H2,1H3,(H,22,25);1H. The van der Waals surface area contributed by atoms with Gasteiger partial charge in [-0.05, 0) is 69.0 Å². The summed E-state index contributed by atoms with van der Waals surface area (Å²) in [5, 5.41) is 10.7. The van der Waals surface area contributed by atoms with Crippen molar-refractivity contribution in [2.45, 2.75) is 32.6 Å². The molecule has 1 aromatic carbocycles. The van der Waals surface area contributed by atoms with Gasteiger partial charge in [-0.25, -0.2) is 9.07 Å². The van der Waals surface area contributed by atoms with Crippen molar-refractivity contribution in [2.24, 2.45) is 5.92 Å². The molecular formula is C19H26ClFN4O. The van der Waals surface area contributed by atoms with Crippen molar-refractivity contribution >= 4 is 18.3 Å². The van der Waals surface area contributed by atoms with E-state index in [1.807, 2.05) is 6.92 Å². The Kier molecular flexibility index (Phi) is 7.60. The SMILES string of the molecule is CCc1c(C(=O)NCCC2CCCNC2)cnn1-c1ccc(F)cc1.Cl. The number of hydrogen-bond acceptors (Lipinski definition) is 3. The van der Waals surface area contributed by atoms with Crippen LogP contribution in [0.4, 0.5) is 4.39 Å². The van der Waals surface area contributed by atoms with E-state index in [1.54, 1.807) is 23.0 Å². The van der Waals surface area contributed by atoms with Gasteiger partial charge in [-0.2, -0.15) is 5.10 Å². The quantitative estimate of drug-likeness (QED) is 0.809. The molecular weight excluding hydrogens is 355 g/mol. The van der Waals surface area contributed by atoms with E-state index in [9.17, 15) is 9.18 Å². The van der Waals surface area contributed by atoms with Crippen LogP contribution in [0, 0.1) is 11.7 Å². The molecule has 1 aromatic heterocycles. The highest BCUT2D eigenvalue weighted by Crippen LogP contribution is 2.17. The fraction of sp³-hybridized carbons (Fsp3) is 0.474. The fourth-order valence-electron chi connectivity index (χ4n) is 3.36. The van der Waals surface area contributed by atoms with Crippen molar-refractivity contribution in [1.29, 1.82) is 0 Å². The maximum absolute atomic E-state index is 13.1. The molecule has 1 saturated heterocycles. The van der Waals surface area contributed by atoms with Crippen molar-refractivity contribution in [3.8, 4) is 5.69 Å². The third-order valence-corrected chi connectivity index (χ3v) is 4.76. The molecule has 2 aromatic rings. The number of piperidine rings is 1. The molecule has 0 radical (unpaired) electrons. The number of rotatable bonds is 6. The van der Waals surface area contributed by atoms with E-state index in [1.165, 1.54) is 25.0 Å². The van der Waals surface area contributed by atoms with Gasteiger partial charge in [0.15, 0.2) is 0 Å². The van der Waals surface area contributed by atoms with Crippen molar-refractivity contribution < 1.29 is 9.18 Å². The van der Waals surface area contributed by atoms with Crippen LogP contribution in [0.25, 0.3) is 5.69 Å². The Morgan fingerprint density at radius 1 is 1.38 bits per heavy atom. The molecule has 1 aliphatic heterocycles. The van der Waals surface area contributed by atoms with E-state index < -0.39 is 0 Å². The highest BCUT2D eigenvalue weighted by atomic mass is 35.5. The lowest BCUT2D eigenvalue weighted by molar-refractivity contribution is 0.0949. The van der Waals surface area contributed by atoms with Crippen LogP contribution in [-0.2, 0) is 6.42 Å². The third-order valence-electron chi connectivity index (χ3n) is 4.76. The molecule has 1 amide bonds. The van der Waals surface area contributed by atoms with Gasteiger partial charge in [0.25, 0.3) is 5.91 Å². The number of aromatic nitrogens is 2. The van der Waals surface area contributed by atoms with E-state index in [4.69, 9.17) is 0 Å². The average Bonchev–Trinajstić information content (AvgIpc) is 3.07. The van der Waals surface area contributed by atoms with Crippen LogP contribution in [0.5, 0.6) is 0 Å². The van der Waals surface area contributed by atoms with Gasteiger partial charge < -0.3 is 10.6 Å². The molecule has 1 atom stereocenters. The number of carbonyl (C=O) groups is 1. The lowest BCUT2D eigenvalue weighted by atomic mass is 9.96. The second-order valence-corrected chi connectivity index (χ2v) is 6.50. The van der Waals surface area contributed by atoms with E-state index in [-0.39, 0.29) is 24.1 Å². The summed E-state index contributed by atoms with van der Waals surface area (Å²) in [4.78, 5) is 12.5. The van der Waals surface area contributed by atoms with Gasteiger partial charge in [-0.3, -0.25) is 4.79 Å². The largest absolute Gasteiger partial charge is 0.352 e. The van der Waals surface area contributed by atoms with E-state index in [2.05, 4.69) is 15.7 Å². The van der Waals surface area contributed by atoms with Gasteiger partial charge in [-0.1, -0.05) is 6.92 Å². The minimum Gasteiger partial charge on any atom is -0.352 e. The molecule has 1 aliphatic rings. The van der Waals surface area contributed by atoms with Crippen molar-refractivity contribution in [2.75, 3.05) is 19.6 Å². The number of nitrogens with one attached hydrogen (secondary N) is 2. The molecule has 2 N–H and O–H groups in total. The summed E-state index contributed by atoms with van der Waals surface area (Å²) in [5.41, 5.74) is 2.18. The first-order chi connectivity index (χ1) is 12.2. The summed E-state index contributed by atoms with van der Waals surface area (Å²) < 4.78 is 14.8. The second-order valence-electron chi connectivity index (χ2n) is 6.50. The Morgan fingerprint density at radius 3 is 2.81 bits per heavy atom. The normalized spacial score (nSPS) is 16.8. The van der Waals surface area contributed by atoms with Gasteiger partial charge >= 0.3 is 0 Å². The van der Waals surface area contributed by atoms with Crippen molar-refractivity contribution in [1.82, 2.24) is 20.4 Å². The van der Waals surface area contributed by atoms with E-state index >= 15 is 0 Å². The molecule has 2 heterocycles. The van der Waals surface area contributed by atoms with Crippen molar-refractivity contribution in [3.05, 3.63) is 47.5 Å². The predicted octanol–water partition coefficient (Wildman–Crippen LogP) is 3.12. The molecule has 0 aliphatic carbocycles. The Labute approximate surface area is 159 Å². The van der Waals surface area contributed by atoms with Gasteiger partial charge in [0.05, 0.1) is 23.1 Å². The van der Waals surface area contributed by atoms with Gasteiger partial charge in [-0.15, -0.1) is 12.4 Å². The summed E-state index contributed by atoms with van der Waals surface area (Å²) in [5.74, 6) is 0.264. The van der Waals surface area contributed by atoms with E-state index in [0.717, 1.165) is 30.9 Å². The minimum absolute atomic E-state index is 0. The van der Waals surface area contributed by atoms with Gasteiger partial charge in [0.1, 0.15) is 5.82 Å². The molecule has 0 bridgehead atoms. The maximum atomic E-state index is 13.1. The monoisotopic (exact) mass is 380 g/mol. The third kappa shape index (κ3) is 4.83. The zero-order valence-electron chi connectivity index (χ0n) is 15.0. The minimum atomic E-state index is -0.288. The fourth-order valence-corrected chi connectivity index (χ4v) is 3.36. The summed E-state index contributed by atoms with van der Waals surface area (Å²) in [6, 6.07) is 6.13. The number of nitrogens with zero attached hydrogens (tertiary/aromatic N) is 2. The predicted molar refractivity (Wildman–Crippen MR) is 103 cm³/mol. The van der Waals surface area contributed by atoms with Gasteiger partial charge in [0, 0.05) is 6.54 Å². The average molecular weight is 381 g/mol. The summed E-state index contributed by atoms with van der Waals surface area (Å²) in [6.07, 6.45) is 5.70. The Bertz CT molecular complexity index is 711. The first-order valence-corrected chi connectivity index (χ1v) is 9.00. The highest BCUT2D eigenvalue weighted by molar-refractivity contribution is 5.95. The first kappa shape index (κ1) is 20.4. The highest BCUT2D eigenvalue weighted by Gasteiger charge is 2.18. The number of hydrogen-bond donors (Lipinski definition) is 2. The molecule has 26 heavy (non-hydrogen) atoms. The smallest absolute Gasteiger partial charge is 0.254 e. The Hall–Kier alpha value is -1.92. The first-order valence-electron chi connectivity index (χ1n) is 9.00. The van der Waals surface area contributed by atoms with E-state index in [0.29, 0.717) is 24.4 Å². The molecule has 0 saturated carbocycles. The molecule has 0 spiro atoms. The molecule has 1 fully saturated rings. The number of amides is 1. The zero-order valence-corrected chi connectivity index (χ0v) is 15.8. The van der Waals surface area contributed by atoms with Crippen LogP contribution in [0.3, 0.4) is 0 Å². The topological polar surface area (TPSA) is 59.0 Å². The second kappa shape index (κ2) is 9.69. The lowest BCUT2D eigenvalue weighted by Crippen LogP contribution is -2.33. The Morgan fingerprint density at radius 2 is 2.15 bits per heavy atom. The number of benzene rings is 1. The molecule has 5 nitrogen and oxygen atoms in total. The van der Waals surface area contributed by atoms with Crippen LogP contribution in [0.1, 0.15) is 42.2 Å². The molecule has 142 valence electrons. The molecule has 7 heteroatoms. The van der Waals surface area contributed by atoms with Crippen LogP contribution in [0.15, 0.2) is 30.5 Å². The molecule has 1 unspecified atom stereocenters. The van der Waals surface area contributed by atoms with Crippen LogP contribution in [-0.4, -0.2) is 35.3 Å². The lowest BCUT2D eigenvalue weighted by Gasteiger charge is -2.22. The van der Waals surface area contributed by atoms with Crippen LogP contribution < -0.4 is 10.6 Å². The summed E-state index contributed by atoms with van der Waals surface area (Å²) in [6.45, 7) is 4.81. The molecule has 3 rings (SSSR count). The van der Waals surface area contributed by atoms with Crippen LogP contribution in [0.2, 0.25) is 0 Å². The van der Waals surface area contributed by atoms with Crippen LogP contribution >= 0.6 is 12.4 Å². The number of carbonyl (C=O) groups excluding carboxylic acids is 1.